The van der Waals surface area contributed by atoms with Gasteiger partial charge in [-0.2, -0.15) is 0 Å². The van der Waals surface area contributed by atoms with E-state index in [4.69, 9.17) is 4.74 Å². The molecule has 0 radical (unpaired) electrons. The number of amides is 2. The Kier molecular flexibility index (Phi) is 5.79. The van der Waals surface area contributed by atoms with Crippen molar-refractivity contribution in [3.63, 3.8) is 0 Å². The van der Waals surface area contributed by atoms with Gasteiger partial charge in [-0.05, 0) is 38.8 Å². The monoisotopic (exact) mass is 442 g/mol. The number of ketones is 1. The van der Waals surface area contributed by atoms with Crippen molar-refractivity contribution in [1.82, 2.24) is 15.1 Å². The molecule has 0 bridgehead atoms. The topological polar surface area (TPSA) is 101 Å². The maximum atomic E-state index is 12.8. The predicted molar refractivity (Wildman–Crippen MR) is 116 cm³/mol. The van der Waals surface area contributed by atoms with E-state index in [9.17, 15) is 14.4 Å². The molecule has 2 atom stereocenters. The van der Waals surface area contributed by atoms with Crippen LogP contribution in [0.5, 0.6) is 5.75 Å². The molecule has 1 aromatic heterocycles. The van der Waals surface area contributed by atoms with Crippen LogP contribution in [0.25, 0.3) is 0 Å². The van der Waals surface area contributed by atoms with Gasteiger partial charge in [0, 0.05) is 19.4 Å². The number of hydrogen-bond acceptors (Lipinski definition) is 7. The zero-order valence-corrected chi connectivity index (χ0v) is 18.8. The summed E-state index contributed by atoms with van der Waals surface area (Å²) < 4.78 is 6.30. The SMILES string of the molecule is CCc1nnc(NC(=O)[C@H](C)N2CC[C@]3(CCC2=O)CC(=O)c2cc(C)ccc2O3)s1. The number of Topliss-reactive ketones (excluding diaryl/α,β-unsaturated/α-hetero) is 1. The third-order valence-electron chi connectivity index (χ3n) is 6.01. The lowest BCUT2D eigenvalue weighted by Gasteiger charge is -2.37. The van der Waals surface area contributed by atoms with Crippen molar-refractivity contribution in [2.75, 3.05) is 11.9 Å². The van der Waals surface area contributed by atoms with E-state index < -0.39 is 11.6 Å². The molecule has 2 aliphatic rings. The van der Waals surface area contributed by atoms with E-state index in [1.807, 2.05) is 32.0 Å². The summed E-state index contributed by atoms with van der Waals surface area (Å²) in [6.45, 7) is 5.96. The normalized spacial score (nSPS) is 22.0. The summed E-state index contributed by atoms with van der Waals surface area (Å²) >= 11 is 1.33. The second-order valence-corrected chi connectivity index (χ2v) is 9.30. The molecule has 2 aliphatic heterocycles. The van der Waals surface area contributed by atoms with Crippen LogP contribution in [0.4, 0.5) is 5.13 Å². The Morgan fingerprint density at radius 1 is 1.32 bits per heavy atom. The van der Waals surface area contributed by atoms with Crippen molar-refractivity contribution in [2.24, 2.45) is 0 Å². The Morgan fingerprint density at radius 2 is 2.13 bits per heavy atom. The number of nitrogens with zero attached hydrogens (tertiary/aromatic N) is 3. The predicted octanol–water partition coefficient (Wildman–Crippen LogP) is 3.15. The highest BCUT2D eigenvalue weighted by Crippen LogP contribution is 2.40. The molecule has 9 heteroatoms. The van der Waals surface area contributed by atoms with E-state index >= 15 is 0 Å². The molecule has 0 saturated carbocycles. The second-order valence-electron chi connectivity index (χ2n) is 8.24. The molecule has 3 heterocycles. The van der Waals surface area contributed by atoms with Gasteiger partial charge < -0.3 is 9.64 Å². The number of hydrogen-bond donors (Lipinski definition) is 1. The van der Waals surface area contributed by atoms with Crippen LogP contribution in [0.15, 0.2) is 18.2 Å². The lowest BCUT2D eigenvalue weighted by molar-refractivity contribution is -0.137. The molecule has 0 unspecified atom stereocenters. The molecule has 164 valence electrons. The van der Waals surface area contributed by atoms with Gasteiger partial charge in [-0.25, -0.2) is 0 Å². The minimum Gasteiger partial charge on any atom is -0.486 e. The number of likely N-dealkylation sites (tertiary alicyclic amines) is 1. The van der Waals surface area contributed by atoms with Crippen LogP contribution in [0, 0.1) is 6.92 Å². The highest BCUT2D eigenvalue weighted by Gasteiger charge is 2.44. The van der Waals surface area contributed by atoms with E-state index in [-0.39, 0.29) is 30.4 Å². The average molecular weight is 443 g/mol. The summed E-state index contributed by atoms with van der Waals surface area (Å²) in [5.41, 5.74) is 0.902. The van der Waals surface area contributed by atoms with Crippen LogP contribution in [0.2, 0.25) is 0 Å². The smallest absolute Gasteiger partial charge is 0.248 e. The number of anilines is 1. The first kappa shape index (κ1) is 21.4. The number of carbonyl (C=O) groups is 3. The molecule has 8 nitrogen and oxygen atoms in total. The quantitative estimate of drug-likeness (QED) is 0.781. The fourth-order valence-corrected chi connectivity index (χ4v) is 4.83. The first-order valence-electron chi connectivity index (χ1n) is 10.6. The molecule has 1 saturated heterocycles. The van der Waals surface area contributed by atoms with Crippen LogP contribution >= 0.6 is 11.3 Å². The number of nitrogens with one attached hydrogen (secondary N) is 1. The van der Waals surface area contributed by atoms with Crippen LogP contribution < -0.4 is 10.1 Å². The van der Waals surface area contributed by atoms with Crippen molar-refractivity contribution in [2.45, 2.75) is 64.5 Å². The molecular weight excluding hydrogens is 416 g/mol. The van der Waals surface area contributed by atoms with Crippen molar-refractivity contribution in [3.8, 4) is 5.75 Å². The van der Waals surface area contributed by atoms with Crippen LogP contribution in [-0.2, 0) is 16.0 Å². The number of ether oxygens (including phenoxy) is 1. The maximum absolute atomic E-state index is 12.8. The number of benzene rings is 1. The summed E-state index contributed by atoms with van der Waals surface area (Å²) in [5, 5.41) is 12.0. The lowest BCUT2D eigenvalue weighted by Crippen LogP contribution is -2.46. The fraction of sp³-hybridized carbons (Fsp3) is 0.500. The van der Waals surface area contributed by atoms with Gasteiger partial charge in [-0.15, -0.1) is 10.2 Å². The van der Waals surface area contributed by atoms with Crippen LogP contribution in [0.1, 0.15) is 60.5 Å². The molecule has 1 fully saturated rings. The van der Waals surface area contributed by atoms with E-state index in [1.165, 1.54) is 11.3 Å². The Bertz CT molecular complexity index is 1040. The highest BCUT2D eigenvalue weighted by atomic mass is 32.1. The average Bonchev–Trinajstić information content (AvgIpc) is 3.14. The number of aryl methyl sites for hydroxylation is 2. The molecule has 1 spiro atoms. The van der Waals surface area contributed by atoms with Gasteiger partial charge in [0.25, 0.3) is 0 Å². The maximum Gasteiger partial charge on any atom is 0.248 e. The van der Waals surface area contributed by atoms with E-state index in [0.29, 0.717) is 35.8 Å². The van der Waals surface area contributed by atoms with Gasteiger partial charge in [0.2, 0.25) is 16.9 Å². The Morgan fingerprint density at radius 3 is 2.87 bits per heavy atom. The summed E-state index contributed by atoms with van der Waals surface area (Å²) in [6, 6.07) is 4.94. The van der Waals surface area contributed by atoms with Crippen molar-refractivity contribution >= 4 is 34.1 Å². The molecule has 31 heavy (non-hydrogen) atoms. The highest BCUT2D eigenvalue weighted by molar-refractivity contribution is 7.15. The van der Waals surface area contributed by atoms with Crippen molar-refractivity contribution < 1.29 is 19.1 Å². The number of carbonyl (C=O) groups excluding carboxylic acids is 3. The van der Waals surface area contributed by atoms with Gasteiger partial charge in [0.15, 0.2) is 5.78 Å². The largest absolute Gasteiger partial charge is 0.486 e. The molecule has 2 aromatic rings. The summed E-state index contributed by atoms with van der Waals surface area (Å²) in [7, 11) is 0. The van der Waals surface area contributed by atoms with E-state index in [1.54, 1.807) is 11.8 Å². The lowest BCUT2D eigenvalue weighted by atomic mass is 9.84. The van der Waals surface area contributed by atoms with E-state index in [2.05, 4.69) is 15.5 Å². The molecule has 4 rings (SSSR count). The first-order valence-corrected chi connectivity index (χ1v) is 11.4. The number of aromatic nitrogens is 2. The number of rotatable bonds is 4. The minimum absolute atomic E-state index is 0.0413. The van der Waals surface area contributed by atoms with Gasteiger partial charge in [-0.3, -0.25) is 19.7 Å². The van der Waals surface area contributed by atoms with Gasteiger partial charge in [0.05, 0.1) is 12.0 Å². The molecule has 1 N–H and O–H groups in total. The summed E-state index contributed by atoms with van der Waals surface area (Å²) in [4.78, 5) is 39.9. The molecule has 2 amide bonds. The van der Waals surface area contributed by atoms with Crippen molar-refractivity contribution in [3.05, 3.63) is 34.3 Å². The first-order chi connectivity index (χ1) is 14.8. The zero-order chi connectivity index (χ0) is 22.2. The fourth-order valence-electron chi connectivity index (χ4n) is 4.15. The van der Waals surface area contributed by atoms with Gasteiger partial charge >= 0.3 is 0 Å². The standard InChI is InChI=1S/C22H26N4O4S/c1-4-18-24-25-21(31-18)23-20(29)14(3)26-10-9-22(8-7-19(26)28)12-16(27)15-11-13(2)5-6-17(15)30-22/h5-6,11,14H,4,7-10,12H2,1-3H3,(H,23,25,29)/t14-,22+/m0/s1. The van der Waals surface area contributed by atoms with Crippen LogP contribution in [0.3, 0.4) is 0 Å². The molecule has 1 aromatic carbocycles. The van der Waals surface area contributed by atoms with Gasteiger partial charge in [0.1, 0.15) is 22.4 Å². The molecule has 0 aliphatic carbocycles. The Labute approximate surface area is 185 Å². The second kappa shape index (κ2) is 8.37. The van der Waals surface area contributed by atoms with Crippen molar-refractivity contribution in [1.29, 1.82) is 0 Å². The third-order valence-corrected chi connectivity index (χ3v) is 7.00. The van der Waals surface area contributed by atoms with Crippen LogP contribution in [-0.4, -0.2) is 50.9 Å². The molecular formula is C22H26N4O4S. The number of fused-ring (bicyclic) bond motifs is 1. The summed E-state index contributed by atoms with van der Waals surface area (Å²) in [5.74, 6) is 0.206. The zero-order valence-electron chi connectivity index (χ0n) is 17.9. The Balaban J connectivity index is 1.46. The minimum atomic E-state index is -0.713. The van der Waals surface area contributed by atoms with Gasteiger partial charge in [-0.1, -0.05) is 29.9 Å². The summed E-state index contributed by atoms with van der Waals surface area (Å²) in [6.07, 6.45) is 2.16. The Hall–Kier alpha value is -2.81. The third kappa shape index (κ3) is 4.32. The van der Waals surface area contributed by atoms with E-state index in [0.717, 1.165) is 17.0 Å².